The topological polar surface area (TPSA) is 76.7 Å². The summed E-state index contributed by atoms with van der Waals surface area (Å²) in [6.45, 7) is 3.91. The minimum atomic E-state index is -0.183. The first-order chi connectivity index (χ1) is 14.5. The van der Waals surface area contributed by atoms with Crippen LogP contribution in [0.2, 0.25) is 0 Å². The molecule has 6 nitrogen and oxygen atoms in total. The third kappa shape index (κ3) is 6.79. The molecule has 1 aliphatic rings. The van der Waals surface area contributed by atoms with Crippen molar-refractivity contribution in [3.05, 3.63) is 59.7 Å². The van der Waals surface area contributed by atoms with Crippen molar-refractivity contribution in [3.8, 4) is 11.5 Å². The summed E-state index contributed by atoms with van der Waals surface area (Å²) >= 11 is 0. The molecule has 2 N–H and O–H groups in total. The second-order valence-corrected chi connectivity index (χ2v) is 7.84. The molecule has 0 aromatic heterocycles. The molecule has 1 saturated carbocycles. The molecule has 2 aromatic rings. The average Bonchev–Trinajstić information content (AvgIpc) is 2.74. The maximum Gasteiger partial charge on any atom is 0.258 e. The lowest BCUT2D eigenvalue weighted by atomic mass is 9.90. The third-order valence-corrected chi connectivity index (χ3v) is 5.24. The van der Waals surface area contributed by atoms with E-state index in [0.29, 0.717) is 11.5 Å². The van der Waals surface area contributed by atoms with E-state index in [4.69, 9.17) is 9.47 Å². The van der Waals surface area contributed by atoms with Crippen LogP contribution in [0.1, 0.15) is 36.8 Å². The maximum absolute atomic E-state index is 12.3. The van der Waals surface area contributed by atoms with Gasteiger partial charge in [0, 0.05) is 12.1 Å². The lowest BCUT2D eigenvalue weighted by Crippen LogP contribution is -2.54. The zero-order chi connectivity index (χ0) is 21.3. The van der Waals surface area contributed by atoms with Gasteiger partial charge in [-0.2, -0.15) is 0 Å². The van der Waals surface area contributed by atoms with E-state index in [0.717, 1.165) is 36.8 Å². The van der Waals surface area contributed by atoms with Crippen molar-refractivity contribution in [1.82, 2.24) is 10.6 Å². The molecule has 0 bridgehead atoms. The number of carbonyl (C=O) groups is 2. The first-order valence-corrected chi connectivity index (χ1v) is 10.5. The van der Waals surface area contributed by atoms with Crippen LogP contribution < -0.4 is 20.1 Å². The Hall–Kier alpha value is -3.02. The summed E-state index contributed by atoms with van der Waals surface area (Å²) in [4.78, 5) is 24.7. The van der Waals surface area contributed by atoms with E-state index in [9.17, 15) is 9.59 Å². The number of ether oxygens (including phenoxy) is 2. The summed E-state index contributed by atoms with van der Waals surface area (Å²) in [6, 6.07) is 15.0. The highest BCUT2D eigenvalue weighted by Crippen LogP contribution is 2.19. The predicted octanol–water partition coefficient (Wildman–Crippen LogP) is 3.30. The molecule has 3 rings (SSSR count). The van der Waals surface area contributed by atoms with Gasteiger partial charge >= 0.3 is 0 Å². The number of rotatable bonds is 8. The molecule has 30 heavy (non-hydrogen) atoms. The molecule has 1 fully saturated rings. The van der Waals surface area contributed by atoms with Gasteiger partial charge in [0.1, 0.15) is 11.5 Å². The van der Waals surface area contributed by atoms with Gasteiger partial charge in [0.15, 0.2) is 13.2 Å². The average molecular weight is 411 g/mol. The molecular weight excluding hydrogens is 380 g/mol. The Labute approximate surface area is 178 Å². The van der Waals surface area contributed by atoms with Crippen molar-refractivity contribution < 1.29 is 19.1 Å². The zero-order valence-electron chi connectivity index (χ0n) is 17.6. The van der Waals surface area contributed by atoms with Gasteiger partial charge in [-0.15, -0.1) is 0 Å². The molecule has 0 heterocycles. The number of hydrogen-bond acceptors (Lipinski definition) is 4. The number of amides is 2. The van der Waals surface area contributed by atoms with Gasteiger partial charge in [-0.05, 0) is 51.0 Å². The van der Waals surface area contributed by atoms with Gasteiger partial charge in [0.2, 0.25) is 0 Å². The van der Waals surface area contributed by atoms with Crippen LogP contribution in [0.25, 0.3) is 0 Å². The Morgan fingerprint density at radius 2 is 1.10 bits per heavy atom. The molecule has 0 saturated heterocycles. The van der Waals surface area contributed by atoms with Crippen LogP contribution in [-0.2, 0) is 9.59 Å². The SMILES string of the molecule is Cc1ccc(OCC(=O)NC2CCCCC2NC(=O)COc2ccc(C)cc2)cc1. The van der Waals surface area contributed by atoms with Gasteiger partial charge < -0.3 is 20.1 Å². The maximum atomic E-state index is 12.3. The van der Waals surface area contributed by atoms with Crippen LogP contribution in [0.5, 0.6) is 11.5 Å². The fourth-order valence-corrected chi connectivity index (χ4v) is 3.54. The molecule has 2 aromatic carbocycles. The number of benzene rings is 2. The van der Waals surface area contributed by atoms with Crippen molar-refractivity contribution in [2.24, 2.45) is 0 Å². The van der Waals surface area contributed by atoms with Crippen LogP contribution in [0.15, 0.2) is 48.5 Å². The second kappa shape index (κ2) is 10.7. The number of carbonyl (C=O) groups excluding carboxylic acids is 2. The van der Waals surface area contributed by atoms with Gasteiger partial charge in [0.05, 0.1) is 0 Å². The fraction of sp³-hybridized carbons (Fsp3) is 0.417. The van der Waals surface area contributed by atoms with E-state index in [1.54, 1.807) is 0 Å². The Morgan fingerprint density at radius 1 is 0.733 bits per heavy atom. The van der Waals surface area contributed by atoms with E-state index in [1.807, 2.05) is 62.4 Å². The van der Waals surface area contributed by atoms with E-state index < -0.39 is 0 Å². The summed E-state index contributed by atoms with van der Waals surface area (Å²) < 4.78 is 11.1. The molecule has 0 spiro atoms. The molecule has 6 heteroatoms. The Morgan fingerprint density at radius 3 is 1.47 bits per heavy atom. The van der Waals surface area contributed by atoms with Gasteiger partial charge in [-0.25, -0.2) is 0 Å². The Balaban J connectivity index is 1.45. The smallest absolute Gasteiger partial charge is 0.258 e. The molecule has 0 aliphatic heterocycles. The summed E-state index contributed by atoms with van der Waals surface area (Å²) in [7, 11) is 0. The third-order valence-electron chi connectivity index (χ3n) is 5.24. The zero-order valence-corrected chi connectivity index (χ0v) is 17.6. The van der Waals surface area contributed by atoms with Crippen LogP contribution in [0.3, 0.4) is 0 Å². The van der Waals surface area contributed by atoms with E-state index in [-0.39, 0.29) is 37.1 Å². The van der Waals surface area contributed by atoms with Crippen LogP contribution >= 0.6 is 0 Å². The molecular formula is C24H30N2O4. The van der Waals surface area contributed by atoms with E-state index >= 15 is 0 Å². The second-order valence-electron chi connectivity index (χ2n) is 7.84. The fourth-order valence-electron chi connectivity index (χ4n) is 3.54. The first kappa shape index (κ1) is 21.7. The first-order valence-electron chi connectivity index (χ1n) is 10.5. The standard InChI is InChI=1S/C24H30N2O4/c1-17-7-11-19(12-8-17)29-15-23(27)25-21-5-3-4-6-22(21)26-24(28)16-30-20-13-9-18(2)10-14-20/h7-14,21-22H,3-6,15-16H2,1-2H3,(H,25,27)(H,26,28). The highest BCUT2D eigenvalue weighted by atomic mass is 16.5. The number of nitrogens with one attached hydrogen (secondary N) is 2. The summed E-state index contributed by atoms with van der Waals surface area (Å²) in [5.41, 5.74) is 2.28. The molecule has 2 atom stereocenters. The van der Waals surface area contributed by atoms with Crippen LogP contribution in [0, 0.1) is 13.8 Å². The predicted molar refractivity (Wildman–Crippen MR) is 116 cm³/mol. The van der Waals surface area contributed by atoms with E-state index in [2.05, 4.69) is 10.6 Å². The van der Waals surface area contributed by atoms with Crippen molar-refractivity contribution >= 4 is 11.8 Å². The lowest BCUT2D eigenvalue weighted by molar-refractivity contribution is -0.127. The molecule has 160 valence electrons. The van der Waals surface area contributed by atoms with Crippen molar-refractivity contribution in [2.75, 3.05) is 13.2 Å². The summed E-state index contributed by atoms with van der Waals surface area (Å²) in [6.07, 6.45) is 3.71. The lowest BCUT2D eigenvalue weighted by Gasteiger charge is -2.32. The molecule has 2 amide bonds. The quantitative estimate of drug-likeness (QED) is 0.700. The van der Waals surface area contributed by atoms with Gasteiger partial charge in [-0.3, -0.25) is 9.59 Å². The largest absolute Gasteiger partial charge is 0.484 e. The van der Waals surface area contributed by atoms with Crippen molar-refractivity contribution in [2.45, 2.75) is 51.6 Å². The monoisotopic (exact) mass is 410 g/mol. The summed E-state index contributed by atoms with van der Waals surface area (Å²) in [5.74, 6) is 0.963. The summed E-state index contributed by atoms with van der Waals surface area (Å²) in [5, 5.41) is 6.03. The van der Waals surface area contributed by atoms with Gasteiger partial charge in [0.25, 0.3) is 11.8 Å². The van der Waals surface area contributed by atoms with Crippen molar-refractivity contribution in [3.63, 3.8) is 0 Å². The molecule has 1 aliphatic carbocycles. The molecule has 0 radical (unpaired) electrons. The Bertz CT molecular complexity index is 762. The minimum absolute atomic E-state index is 0.0449. The van der Waals surface area contributed by atoms with Crippen LogP contribution in [0.4, 0.5) is 0 Å². The minimum Gasteiger partial charge on any atom is -0.484 e. The highest BCUT2D eigenvalue weighted by molar-refractivity contribution is 5.79. The normalized spacial score (nSPS) is 18.3. The highest BCUT2D eigenvalue weighted by Gasteiger charge is 2.28. The number of hydrogen-bond donors (Lipinski definition) is 2. The van der Waals surface area contributed by atoms with E-state index in [1.165, 1.54) is 0 Å². The number of aryl methyl sites for hydroxylation is 2. The van der Waals surface area contributed by atoms with Crippen molar-refractivity contribution in [1.29, 1.82) is 0 Å². The molecule has 2 unspecified atom stereocenters. The Kier molecular flexibility index (Phi) is 7.71. The van der Waals surface area contributed by atoms with Gasteiger partial charge in [-0.1, -0.05) is 48.2 Å². The van der Waals surface area contributed by atoms with Crippen LogP contribution in [-0.4, -0.2) is 37.1 Å².